The van der Waals surface area contributed by atoms with Crippen LogP contribution in [0.3, 0.4) is 0 Å². The van der Waals surface area contributed by atoms with E-state index in [-0.39, 0.29) is 0 Å². The van der Waals surface area contributed by atoms with Gasteiger partial charge in [-0.2, -0.15) is 0 Å². The summed E-state index contributed by atoms with van der Waals surface area (Å²) >= 11 is 9.74. The molecule has 1 nitrogen and oxygen atoms in total. The van der Waals surface area contributed by atoms with Crippen molar-refractivity contribution >= 4 is 35.5 Å². The Morgan fingerprint density at radius 1 is 1.00 bits per heavy atom. The molecule has 2 aromatic rings. The molecule has 0 saturated heterocycles. The minimum absolute atomic E-state index is 0.712. The number of para-hydroxylation sites is 1. The highest BCUT2D eigenvalue weighted by atomic mass is 32.1. The molecule has 17 heavy (non-hydrogen) atoms. The van der Waals surface area contributed by atoms with Gasteiger partial charge in [-0.15, -0.1) is 12.6 Å². The zero-order valence-corrected chi connectivity index (χ0v) is 11.0. The number of thiol groups is 1. The van der Waals surface area contributed by atoms with E-state index in [0.29, 0.717) is 6.42 Å². The summed E-state index contributed by atoms with van der Waals surface area (Å²) in [5, 5.41) is 3.22. The van der Waals surface area contributed by atoms with Crippen LogP contribution in [0.2, 0.25) is 0 Å². The number of hydrogen-bond donors (Lipinski definition) is 2. The summed E-state index contributed by atoms with van der Waals surface area (Å²) in [6.07, 6.45) is 0.712. The summed E-state index contributed by atoms with van der Waals surface area (Å²) in [5.74, 6) is 0. The van der Waals surface area contributed by atoms with Crippen molar-refractivity contribution in [3.05, 3.63) is 60.2 Å². The third-order valence-electron chi connectivity index (χ3n) is 2.40. The lowest BCUT2D eigenvalue weighted by atomic mass is 10.1. The van der Waals surface area contributed by atoms with Gasteiger partial charge in [-0.1, -0.05) is 48.6 Å². The molecule has 0 spiro atoms. The summed E-state index contributed by atoms with van der Waals surface area (Å²) in [7, 11) is 0. The van der Waals surface area contributed by atoms with E-state index in [9.17, 15) is 0 Å². The van der Waals surface area contributed by atoms with E-state index in [0.717, 1.165) is 21.1 Å². The van der Waals surface area contributed by atoms with Gasteiger partial charge < -0.3 is 5.32 Å². The predicted octanol–water partition coefficient (Wildman–Crippen LogP) is 3.96. The monoisotopic (exact) mass is 259 g/mol. The Morgan fingerprint density at radius 3 is 2.35 bits per heavy atom. The Bertz CT molecular complexity index is 509. The van der Waals surface area contributed by atoms with Gasteiger partial charge in [0, 0.05) is 17.0 Å². The van der Waals surface area contributed by atoms with Gasteiger partial charge in [-0.3, -0.25) is 0 Å². The molecule has 2 aromatic carbocycles. The fraction of sp³-hybridized carbons (Fsp3) is 0.0714. The Morgan fingerprint density at radius 2 is 1.65 bits per heavy atom. The maximum Gasteiger partial charge on any atom is 0.0842 e. The molecule has 0 fully saturated rings. The van der Waals surface area contributed by atoms with Crippen LogP contribution in [0.4, 0.5) is 5.69 Å². The van der Waals surface area contributed by atoms with Gasteiger partial charge in [-0.25, -0.2) is 0 Å². The van der Waals surface area contributed by atoms with Crippen LogP contribution in [0, 0.1) is 0 Å². The first-order valence-electron chi connectivity index (χ1n) is 5.37. The van der Waals surface area contributed by atoms with Crippen LogP contribution in [-0.4, -0.2) is 4.99 Å². The van der Waals surface area contributed by atoms with Crippen molar-refractivity contribution in [1.29, 1.82) is 0 Å². The highest BCUT2D eigenvalue weighted by molar-refractivity contribution is 7.80. The van der Waals surface area contributed by atoms with E-state index < -0.39 is 0 Å². The molecule has 2 rings (SSSR count). The predicted molar refractivity (Wildman–Crippen MR) is 80.1 cm³/mol. The van der Waals surface area contributed by atoms with Gasteiger partial charge in [0.2, 0.25) is 0 Å². The van der Waals surface area contributed by atoms with Crippen molar-refractivity contribution in [3.8, 4) is 0 Å². The number of benzene rings is 2. The standard InChI is InChI=1S/C14H13NS2/c16-13-9-5-4-6-11(13)10-14(17)15-12-7-2-1-3-8-12/h1-9,16H,10H2,(H,15,17). The summed E-state index contributed by atoms with van der Waals surface area (Å²) in [5.41, 5.74) is 2.17. The normalized spacial score (nSPS) is 9.94. The molecular weight excluding hydrogens is 246 g/mol. The molecule has 0 amide bonds. The molecule has 0 atom stereocenters. The van der Waals surface area contributed by atoms with E-state index >= 15 is 0 Å². The first kappa shape index (κ1) is 12.1. The van der Waals surface area contributed by atoms with E-state index in [1.807, 2.05) is 54.6 Å². The summed E-state index contributed by atoms with van der Waals surface area (Å²) < 4.78 is 0. The van der Waals surface area contributed by atoms with Crippen molar-refractivity contribution in [2.45, 2.75) is 11.3 Å². The second kappa shape index (κ2) is 5.84. The highest BCUT2D eigenvalue weighted by Gasteiger charge is 2.02. The third-order valence-corrected chi connectivity index (χ3v) is 3.08. The largest absolute Gasteiger partial charge is 0.350 e. The molecule has 1 N–H and O–H groups in total. The first-order chi connectivity index (χ1) is 8.25. The smallest absolute Gasteiger partial charge is 0.0842 e. The molecular formula is C14H13NS2. The lowest BCUT2D eigenvalue weighted by molar-refractivity contribution is 1.23. The molecule has 0 heterocycles. The minimum atomic E-state index is 0.712. The number of rotatable bonds is 3. The molecule has 0 aliphatic heterocycles. The van der Waals surface area contributed by atoms with Crippen LogP contribution in [-0.2, 0) is 6.42 Å². The maximum absolute atomic E-state index is 5.33. The first-order valence-corrected chi connectivity index (χ1v) is 6.23. The second-order valence-electron chi connectivity index (χ2n) is 3.72. The number of nitrogens with one attached hydrogen (secondary N) is 1. The van der Waals surface area contributed by atoms with Gasteiger partial charge in [-0.05, 0) is 23.8 Å². The van der Waals surface area contributed by atoms with Gasteiger partial charge in [0.1, 0.15) is 0 Å². The van der Waals surface area contributed by atoms with Crippen LogP contribution in [0.25, 0.3) is 0 Å². The Labute approximate surface area is 112 Å². The summed E-state index contributed by atoms with van der Waals surface area (Å²) in [6, 6.07) is 17.9. The minimum Gasteiger partial charge on any atom is -0.350 e. The van der Waals surface area contributed by atoms with Crippen molar-refractivity contribution in [1.82, 2.24) is 0 Å². The SMILES string of the molecule is S=C(Cc1ccccc1S)Nc1ccccc1. The van der Waals surface area contributed by atoms with E-state index in [2.05, 4.69) is 17.9 Å². The van der Waals surface area contributed by atoms with Crippen molar-refractivity contribution in [2.75, 3.05) is 5.32 Å². The van der Waals surface area contributed by atoms with Gasteiger partial charge in [0.25, 0.3) is 0 Å². The van der Waals surface area contributed by atoms with Crippen LogP contribution in [0.15, 0.2) is 59.5 Å². The second-order valence-corrected chi connectivity index (χ2v) is 4.69. The fourth-order valence-electron chi connectivity index (χ4n) is 1.56. The molecule has 0 radical (unpaired) electrons. The lowest BCUT2D eigenvalue weighted by Crippen LogP contribution is -2.12. The lowest BCUT2D eigenvalue weighted by Gasteiger charge is -2.09. The molecule has 0 aromatic heterocycles. The van der Waals surface area contributed by atoms with E-state index in [1.165, 1.54) is 0 Å². The highest BCUT2D eigenvalue weighted by Crippen LogP contribution is 2.15. The van der Waals surface area contributed by atoms with Crippen LogP contribution in [0.1, 0.15) is 5.56 Å². The third kappa shape index (κ3) is 3.58. The van der Waals surface area contributed by atoms with Crippen molar-refractivity contribution in [2.24, 2.45) is 0 Å². The number of hydrogen-bond acceptors (Lipinski definition) is 2. The van der Waals surface area contributed by atoms with Gasteiger partial charge in [0.05, 0.1) is 4.99 Å². The fourth-order valence-corrected chi connectivity index (χ4v) is 2.07. The van der Waals surface area contributed by atoms with Crippen molar-refractivity contribution < 1.29 is 0 Å². The average molecular weight is 259 g/mol. The quantitative estimate of drug-likeness (QED) is 0.639. The molecule has 0 aliphatic carbocycles. The molecule has 0 bridgehead atoms. The Hall–Kier alpha value is -1.32. The number of thiocarbonyl (C=S) groups is 1. The summed E-state index contributed by atoms with van der Waals surface area (Å²) in [4.78, 5) is 1.78. The van der Waals surface area contributed by atoms with Crippen LogP contribution < -0.4 is 5.32 Å². The molecule has 0 saturated carbocycles. The van der Waals surface area contributed by atoms with Crippen LogP contribution in [0.5, 0.6) is 0 Å². The zero-order chi connectivity index (χ0) is 12.1. The average Bonchev–Trinajstić information content (AvgIpc) is 2.33. The van der Waals surface area contributed by atoms with Gasteiger partial charge in [0.15, 0.2) is 0 Å². The molecule has 86 valence electrons. The maximum atomic E-state index is 5.33. The number of anilines is 1. The topological polar surface area (TPSA) is 12.0 Å². The Balaban J connectivity index is 2.01. The summed E-state index contributed by atoms with van der Waals surface area (Å²) in [6.45, 7) is 0. The van der Waals surface area contributed by atoms with E-state index in [4.69, 9.17) is 12.2 Å². The van der Waals surface area contributed by atoms with Gasteiger partial charge >= 0.3 is 0 Å². The zero-order valence-electron chi connectivity index (χ0n) is 9.26. The van der Waals surface area contributed by atoms with Crippen LogP contribution >= 0.6 is 24.8 Å². The van der Waals surface area contributed by atoms with Crippen molar-refractivity contribution in [3.63, 3.8) is 0 Å². The molecule has 3 heteroatoms. The molecule has 0 unspecified atom stereocenters. The van der Waals surface area contributed by atoms with E-state index in [1.54, 1.807) is 0 Å². The Kier molecular flexibility index (Phi) is 4.18. The molecule has 0 aliphatic rings.